The fraction of sp³-hybridized carbons (Fsp3) is 0.474. The smallest absolute Gasteiger partial charge is 0.331 e. The van der Waals surface area contributed by atoms with Crippen molar-refractivity contribution in [2.24, 2.45) is 0 Å². The number of aryl methyl sites for hydroxylation is 2. The minimum atomic E-state index is -1.20. The lowest BCUT2D eigenvalue weighted by Gasteiger charge is -2.31. The highest BCUT2D eigenvalue weighted by molar-refractivity contribution is 5.90. The van der Waals surface area contributed by atoms with Gasteiger partial charge in [0.1, 0.15) is 12.3 Å². The molecule has 7 nitrogen and oxygen atoms in total. The molecule has 0 saturated heterocycles. The third kappa shape index (κ3) is 7.25. The molecule has 1 aromatic rings. The van der Waals surface area contributed by atoms with Crippen molar-refractivity contribution < 1.29 is 24.5 Å². The van der Waals surface area contributed by atoms with Crippen LogP contribution in [0.3, 0.4) is 0 Å². The number of nitrogens with one attached hydrogen (secondary N) is 1. The zero-order valence-electron chi connectivity index (χ0n) is 15.7. The van der Waals surface area contributed by atoms with Crippen LogP contribution in [0, 0.1) is 13.8 Å². The molecule has 2 unspecified atom stereocenters. The maximum absolute atomic E-state index is 11.4. The summed E-state index contributed by atoms with van der Waals surface area (Å²) in [5.74, 6) is -1.89. The average Bonchev–Trinajstić information content (AvgIpc) is 2.54. The highest BCUT2D eigenvalue weighted by Gasteiger charge is 2.16. The van der Waals surface area contributed by atoms with Gasteiger partial charge < -0.3 is 25.2 Å². The van der Waals surface area contributed by atoms with Crippen LogP contribution in [-0.4, -0.2) is 54.1 Å². The van der Waals surface area contributed by atoms with Crippen LogP contribution >= 0.6 is 0 Å². The molecule has 0 aliphatic carbocycles. The van der Waals surface area contributed by atoms with Crippen LogP contribution in [0.2, 0.25) is 0 Å². The lowest BCUT2D eigenvalue weighted by atomic mass is 10.1. The lowest BCUT2D eigenvalue weighted by Crippen LogP contribution is -2.40. The Kier molecular flexibility index (Phi) is 8.81. The first-order chi connectivity index (χ1) is 12.2. The Hall–Kier alpha value is -2.38. The number of aliphatic hydroxyl groups is 1. The van der Waals surface area contributed by atoms with Gasteiger partial charge in [0.05, 0.1) is 0 Å². The molecule has 3 N–H and O–H groups in total. The number of rotatable bonds is 10. The quantitative estimate of drug-likeness (QED) is 0.251. The van der Waals surface area contributed by atoms with Crippen LogP contribution < -0.4 is 10.2 Å². The molecule has 7 heteroatoms. The number of benzene rings is 1. The Morgan fingerprint density at radius 3 is 2.38 bits per heavy atom. The van der Waals surface area contributed by atoms with E-state index in [4.69, 9.17) is 9.84 Å². The van der Waals surface area contributed by atoms with Crippen molar-refractivity contribution in [2.45, 2.75) is 40.0 Å². The zero-order valence-corrected chi connectivity index (χ0v) is 15.7. The summed E-state index contributed by atoms with van der Waals surface area (Å²) in [6.07, 6.45) is 0.594. The number of aliphatic carboxylic acids is 1. The Morgan fingerprint density at radius 2 is 1.85 bits per heavy atom. The normalized spacial score (nSPS) is 13.4. The number of anilines is 1. The summed E-state index contributed by atoms with van der Waals surface area (Å²) in [6, 6.07) is 6.01. The van der Waals surface area contributed by atoms with Crippen molar-refractivity contribution >= 4 is 17.6 Å². The van der Waals surface area contributed by atoms with Crippen molar-refractivity contribution in [3.8, 4) is 0 Å². The van der Waals surface area contributed by atoms with Crippen molar-refractivity contribution in [2.75, 3.05) is 24.5 Å². The van der Waals surface area contributed by atoms with E-state index in [1.807, 2.05) is 36.9 Å². The number of hydrogen-bond acceptors (Lipinski definition) is 6. The number of carboxylic acid groups (broad SMARTS) is 1. The van der Waals surface area contributed by atoms with Gasteiger partial charge in [-0.1, -0.05) is 18.2 Å². The van der Waals surface area contributed by atoms with Crippen LogP contribution in [0.1, 0.15) is 25.0 Å². The Morgan fingerprint density at radius 1 is 1.23 bits per heavy atom. The average molecular weight is 364 g/mol. The maximum atomic E-state index is 11.4. The number of carboxylic acids is 1. The van der Waals surface area contributed by atoms with Gasteiger partial charge in [-0.15, -0.1) is 0 Å². The SMILES string of the molecule is Cc1cccc(C)c1N(CCNCC(C)OC(=O)/C=C/C(=O)O)C(C)O. The van der Waals surface area contributed by atoms with Crippen molar-refractivity contribution in [1.82, 2.24) is 5.32 Å². The molecular formula is C19H28N2O5. The summed E-state index contributed by atoms with van der Waals surface area (Å²) in [7, 11) is 0. The second-order valence-electron chi connectivity index (χ2n) is 6.19. The number of para-hydroxylation sites is 1. The first-order valence-corrected chi connectivity index (χ1v) is 8.55. The molecule has 0 aliphatic heterocycles. The summed E-state index contributed by atoms with van der Waals surface area (Å²) in [4.78, 5) is 23.7. The van der Waals surface area contributed by atoms with E-state index in [1.54, 1.807) is 13.8 Å². The van der Waals surface area contributed by atoms with Gasteiger partial charge in [-0.05, 0) is 38.8 Å². The predicted molar refractivity (Wildman–Crippen MR) is 100 cm³/mol. The number of hydrogen-bond donors (Lipinski definition) is 3. The van der Waals surface area contributed by atoms with Crippen LogP contribution in [0.15, 0.2) is 30.4 Å². The Balaban J connectivity index is 2.49. The largest absolute Gasteiger partial charge is 0.478 e. The van der Waals surface area contributed by atoms with Gasteiger partial charge in [0, 0.05) is 37.5 Å². The molecule has 1 rings (SSSR count). The van der Waals surface area contributed by atoms with Crippen molar-refractivity contribution in [3.63, 3.8) is 0 Å². The van der Waals surface area contributed by atoms with Gasteiger partial charge in [0.25, 0.3) is 0 Å². The highest BCUT2D eigenvalue weighted by atomic mass is 16.5. The van der Waals surface area contributed by atoms with Gasteiger partial charge in [0.15, 0.2) is 0 Å². The number of carbonyl (C=O) groups is 2. The first kappa shape index (κ1) is 21.7. The molecule has 0 bridgehead atoms. The van der Waals surface area contributed by atoms with Gasteiger partial charge >= 0.3 is 11.9 Å². The van der Waals surface area contributed by atoms with Crippen molar-refractivity contribution in [3.05, 3.63) is 41.5 Å². The predicted octanol–water partition coefficient (Wildman–Crippen LogP) is 1.61. The van der Waals surface area contributed by atoms with E-state index in [0.29, 0.717) is 19.6 Å². The molecular weight excluding hydrogens is 336 g/mol. The van der Waals surface area contributed by atoms with Crippen LogP contribution in [0.5, 0.6) is 0 Å². The first-order valence-electron chi connectivity index (χ1n) is 8.55. The minimum absolute atomic E-state index is 0.402. The molecule has 0 fully saturated rings. The third-order valence-corrected chi connectivity index (χ3v) is 3.82. The van der Waals surface area contributed by atoms with Gasteiger partial charge in [-0.3, -0.25) is 0 Å². The molecule has 0 aromatic heterocycles. The monoisotopic (exact) mass is 364 g/mol. The molecule has 0 heterocycles. The summed E-state index contributed by atoms with van der Waals surface area (Å²) in [6.45, 7) is 9.07. The van der Waals surface area contributed by atoms with E-state index in [0.717, 1.165) is 29.0 Å². The second kappa shape index (κ2) is 10.6. The van der Waals surface area contributed by atoms with Crippen LogP contribution in [0.4, 0.5) is 5.69 Å². The van der Waals surface area contributed by atoms with E-state index in [-0.39, 0.29) is 0 Å². The molecule has 0 spiro atoms. The summed E-state index contributed by atoms with van der Waals surface area (Å²) < 4.78 is 5.06. The second-order valence-corrected chi connectivity index (χ2v) is 6.19. The number of esters is 1. The molecule has 1 aromatic carbocycles. The fourth-order valence-corrected chi connectivity index (χ4v) is 2.67. The molecule has 0 saturated carbocycles. The number of aliphatic hydroxyl groups excluding tert-OH is 1. The van der Waals surface area contributed by atoms with Crippen LogP contribution in [-0.2, 0) is 14.3 Å². The Labute approximate surface area is 154 Å². The minimum Gasteiger partial charge on any atom is -0.478 e. The zero-order chi connectivity index (χ0) is 19.7. The fourth-order valence-electron chi connectivity index (χ4n) is 2.67. The highest BCUT2D eigenvalue weighted by Crippen LogP contribution is 2.25. The third-order valence-electron chi connectivity index (χ3n) is 3.82. The summed E-state index contributed by atoms with van der Waals surface area (Å²) >= 11 is 0. The van der Waals surface area contributed by atoms with Crippen molar-refractivity contribution in [1.29, 1.82) is 0 Å². The van der Waals surface area contributed by atoms with E-state index in [1.165, 1.54) is 0 Å². The summed E-state index contributed by atoms with van der Waals surface area (Å²) in [5.41, 5.74) is 3.21. The number of ether oxygens (including phenoxy) is 1. The van der Waals surface area contributed by atoms with E-state index >= 15 is 0 Å². The molecule has 2 atom stereocenters. The van der Waals surface area contributed by atoms with E-state index in [2.05, 4.69) is 5.32 Å². The molecule has 0 aliphatic rings. The molecule has 26 heavy (non-hydrogen) atoms. The molecule has 144 valence electrons. The Bertz CT molecular complexity index is 623. The standard InChI is InChI=1S/C19H28N2O5/c1-13-6-5-7-14(2)19(13)21(16(4)22)11-10-20-12-15(3)26-18(25)9-8-17(23)24/h5-9,15-16,20,22H,10-12H2,1-4H3,(H,23,24)/b9-8+. The van der Waals surface area contributed by atoms with Gasteiger partial charge in [-0.25, -0.2) is 9.59 Å². The molecule has 0 amide bonds. The molecule has 0 radical (unpaired) electrons. The van der Waals surface area contributed by atoms with Gasteiger partial charge in [-0.2, -0.15) is 0 Å². The lowest BCUT2D eigenvalue weighted by molar-refractivity contribution is -0.142. The number of carbonyl (C=O) groups excluding carboxylic acids is 1. The van der Waals surface area contributed by atoms with E-state index < -0.39 is 24.3 Å². The topological polar surface area (TPSA) is 99.1 Å². The van der Waals surface area contributed by atoms with E-state index in [9.17, 15) is 14.7 Å². The summed E-state index contributed by atoms with van der Waals surface area (Å²) in [5, 5.41) is 21.8. The van der Waals surface area contributed by atoms with Crippen LogP contribution in [0.25, 0.3) is 0 Å². The van der Waals surface area contributed by atoms with Gasteiger partial charge in [0.2, 0.25) is 0 Å². The number of nitrogens with zero attached hydrogens (tertiary/aromatic N) is 1. The maximum Gasteiger partial charge on any atom is 0.331 e.